The van der Waals surface area contributed by atoms with Gasteiger partial charge < -0.3 is 10.1 Å². The third kappa shape index (κ3) is 5.56. The summed E-state index contributed by atoms with van der Waals surface area (Å²) in [7, 11) is 0. The van der Waals surface area contributed by atoms with Crippen LogP contribution in [-0.4, -0.2) is 22.4 Å². The molecule has 5 nitrogen and oxygen atoms in total. The van der Waals surface area contributed by atoms with Gasteiger partial charge in [-0.3, -0.25) is 0 Å². The second-order valence-electron chi connectivity index (χ2n) is 6.37. The van der Waals surface area contributed by atoms with Crippen molar-refractivity contribution in [1.82, 2.24) is 15.1 Å². The lowest BCUT2D eigenvalue weighted by atomic mass is 10.1. The Morgan fingerprint density at radius 3 is 2.32 bits per heavy atom. The second kappa shape index (κ2) is 8.70. The van der Waals surface area contributed by atoms with Crippen molar-refractivity contribution in [2.24, 2.45) is 0 Å². The number of amides is 1. The fourth-order valence-corrected chi connectivity index (χ4v) is 2.78. The SMILES string of the molecule is O=C(NCCc1cccc(C(F)(F)F)c1)Oc1cnn(-c2ccccc2)c1C(F)(F)F. The standard InChI is InChI=1S/C20H15F6N3O2/c21-19(22,23)14-6-4-5-13(11-14)9-10-27-18(30)31-16-12-28-29(17(16)20(24,25)26)15-7-2-1-3-8-15/h1-8,11-12H,9-10H2,(H,27,30). The molecule has 0 saturated heterocycles. The average Bonchev–Trinajstić information content (AvgIpc) is 3.12. The molecule has 3 rings (SSSR count). The Bertz CT molecular complexity index is 1050. The van der Waals surface area contributed by atoms with Gasteiger partial charge in [-0.1, -0.05) is 36.4 Å². The summed E-state index contributed by atoms with van der Waals surface area (Å²) in [5, 5.41) is 5.87. The molecular formula is C20H15F6N3O2. The first kappa shape index (κ1) is 22.2. The molecule has 1 aromatic heterocycles. The van der Waals surface area contributed by atoms with Crippen LogP contribution in [0.1, 0.15) is 16.8 Å². The van der Waals surface area contributed by atoms with Gasteiger partial charge in [0.15, 0.2) is 11.4 Å². The molecule has 31 heavy (non-hydrogen) atoms. The van der Waals surface area contributed by atoms with Gasteiger partial charge in [-0.15, -0.1) is 0 Å². The van der Waals surface area contributed by atoms with Gasteiger partial charge >= 0.3 is 18.4 Å². The predicted octanol–water partition coefficient (Wildman–Crippen LogP) is 5.24. The Morgan fingerprint density at radius 2 is 1.68 bits per heavy atom. The molecule has 0 radical (unpaired) electrons. The van der Waals surface area contributed by atoms with Crippen LogP contribution in [0.15, 0.2) is 60.8 Å². The molecule has 0 unspecified atom stereocenters. The minimum Gasteiger partial charge on any atom is -0.406 e. The largest absolute Gasteiger partial charge is 0.437 e. The first-order valence-electron chi connectivity index (χ1n) is 8.88. The van der Waals surface area contributed by atoms with Gasteiger partial charge in [0.1, 0.15) is 0 Å². The van der Waals surface area contributed by atoms with Crippen molar-refractivity contribution in [3.05, 3.63) is 77.6 Å². The van der Waals surface area contributed by atoms with Crippen LogP contribution in [0.4, 0.5) is 31.1 Å². The van der Waals surface area contributed by atoms with E-state index in [1.807, 2.05) is 0 Å². The molecule has 3 aromatic rings. The van der Waals surface area contributed by atoms with Gasteiger partial charge in [0.25, 0.3) is 0 Å². The summed E-state index contributed by atoms with van der Waals surface area (Å²) in [6, 6.07) is 12.0. The molecule has 2 aromatic carbocycles. The molecule has 0 bridgehead atoms. The van der Waals surface area contributed by atoms with Gasteiger partial charge in [-0.25, -0.2) is 9.48 Å². The highest BCUT2D eigenvalue weighted by molar-refractivity contribution is 5.70. The lowest BCUT2D eigenvalue weighted by Crippen LogP contribution is -2.29. The Morgan fingerprint density at radius 1 is 0.968 bits per heavy atom. The van der Waals surface area contributed by atoms with E-state index in [-0.39, 0.29) is 18.7 Å². The third-order valence-corrected chi connectivity index (χ3v) is 4.14. The van der Waals surface area contributed by atoms with E-state index in [0.717, 1.165) is 18.3 Å². The summed E-state index contributed by atoms with van der Waals surface area (Å²) in [5.41, 5.74) is -1.69. The first-order chi connectivity index (χ1) is 14.6. The molecule has 0 atom stereocenters. The number of halogens is 6. The van der Waals surface area contributed by atoms with E-state index in [9.17, 15) is 31.1 Å². The number of hydrogen-bond acceptors (Lipinski definition) is 3. The number of hydrogen-bond donors (Lipinski definition) is 1. The van der Waals surface area contributed by atoms with Crippen LogP contribution in [0, 0.1) is 0 Å². The number of ether oxygens (including phenoxy) is 1. The summed E-state index contributed by atoms with van der Waals surface area (Å²) in [4.78, 5) is 11.9. The molecule has 11 heteroatoms. The molecule has 0 aliphatic heterocycles. The van der Waals surface area contributed by atoms with Crippen LogP contribution in [-0.2, 0) is 18.8 Å². The van der Waals surface area contributed by atoms with Crippen molar-refractivity contribution in [2.75, 3.05) is 6.54 Å². The number of nitrogens with zero attached hydrogens (tertiary/aromatic N) is 2. The van der Waals surface area contributed by atoms with E-state index in [0.29, 0.717) is 10.2 Å². The lowest BCUT2D eigenvalue weighted by Gasteiger charge is -2.13. The van der Waals surface area contributed by atoms with E-state index in [1.165, 1.54) is 36.4 Å². The van der Waals surface area contributed by atoms with Crippen LogP contribution in [0.5, 0.6) is 5.75 Å². The van der Waals surface area contributed by atoms with E-state index >= 15 is 0 Å². The topological polar surface area (TPSA) is 56.1 Å². The Balaban J connectivity index is 1.67. The Kier molecular flexibility index (Phi) is 6.23. The predicted molar refractivity (Wildman–Crippen MR) is 97.7 cm³/mol. The van der Waals surface area contributed by atoms with Crippen molar-refractivity contribution in [3.63, 3.8) is 0 Å². The summed E-state index contributed by atoms with van der Waals surface area (Å²) in [5.74, 6) is -0.798. The summed E-state index contributed by atoms with van der Waals surface area (Å²) in [6.45, 7) is -0.145. The molecule has 0 aliphatic carbocycles. The lowest BCUT2D eigenvalue weighted by molar-refractivity contribution is -0.143. The van der Waals surface area contributed by atoms with Crippen molar-refractivity contribution in [2.45, 2.75) is 18.8 Å². The molecule has 164 valence electrons. The summed E-state index contributed by atoms with van der Waals surface area (Å²) in [6.07, 6.45) is -9.77. The molecule has 0 saturated carbocycles. The van der Waals surface area contributed by atoms with Gasteiger partial charge in [0.05, 0.1) is 17.4 Å². The van der Waals surface area contributed by atoms with Crippen molar-refractivity contribution in [3.8, 4) is 11.4 Å². The van der Waals surface area contributed by atoms with Gasteiger partial charge in [-0.05, 0) is 30.2 Å². The zero-order valence-electron chi connectivity index (χ0n) is 15.7. The van der Waals surface area contributed by atoms with E-state index < -0.39 is 35.5 Å². The maximum absolute atomic E-state index is 13.5. The Labute approximate surface area is 172 Å². The first-order valence-corrected chi connectivity index (χ1v) is 8.88. The molecule has 1 amide bonds. The number of rotatable bonds is 5. The highest BCUT2D eigenvalue weighted by Gasteiger charge is 2.40. The molecule has 0 spiro atoms. The third-order valence-electron chi connectivity index (χ3n) is 4.14. The molecule has 1 N–H and O–H groups in total. The van der Waals surface area contributed by atoms with E-state index in [2.05, 4.69) is 10.4 Å². The minimum absolute atomic E-state index is 0.0222. The maximum Gasteiger partial charge on any atom is 0.437 e. The quantitative estimate of drug-likeness (QED) is 0.549. The molecular weight excluding hydrogens is 428 g/mol. The number of benzene rings is 2. The van der Waals surface area contributed by atoms with Gasteiger partial charge in [0.2, 0.25) is 0 Å². The van der Waals surface area contributed by atoms with Crippen molar-refractivity contribution >= 4 is 6.09 Å². The highest BCUT2D eigenvalue weighted by atomic mass is 19.4. The fraction of sp³-hybridized carbons (Fsp3) is 0.200. The number of aromatic nitrogens is 2. The zero-order chi connectivity index (χ0) is 22.6. The van der Waals surface area contributed by atoms with Crippen LogP contribution in [0.2, 0.25) is 0 Å². The Hall–Kier alpha value is -3.50. The molecule has 0 aliphatic rings. The fourth-order valence-electron chi connectivity index (χ4n) is 2.78. The van der Waals surface area contributed by atoms with E-state index in [4.69, 9.17) is 4.74 Å². The second-order valence-corrected chi connectivity index (χ2v) is 6.37. The normalized spacial score (nSPS) is 11.9. The number of carbonyl (C=O) groups is 1. The minimum atomic E-state index is -4.86. The van der Waals surface area contributed by atoms with Crippen LogP contribution in [0.25, 0.3) is 5.69 Å². The monoisotopic (exact) mass is 443 g/mol. The van der Waals surface area contributed by atoms with Crippen LogP contribution in [0.3, 0.4) is 0 Å². The molecule has 0 fully saturated rings. The zero-order valence-corrected chi connectivity index (χ0v) is 15.7. The van der Waals surface area contributed by atoms with Gasteiger partial charge in [-0.2, -0.15) is 31.4 Å². The van der Waals surface area contributed by atoms with Crippen molar-refractivity contribution in [1.29, 1.82) is 0 Å². The smallest absolute Gasteiger partial charge is 0.406 e. The van der Waals surface area contributed by atoms with Gasteiger partial charge in [0, 0.05) is 6.54 Å². The number of alkyl halides is 6. The van der Waals surface area contributed by atoms with Crippen LogP contribution >= 0.6 is 0 Å². The maximum atomic E-state index is 13.5. The highest BCUT2D eigenvalue weighted by Crippen LogP contribution is 2.37. The number of para-hydroxylation sites is 1. The number of nitrogens with one attached hydrogen (secondary N) is 1. The summed E-state index contributed by atoms with van der Waals surface area (Å²) < 4.78 is 84.1. The molecule has 1 heterocycles. The van der Waals surface area contributed by atoms with Crippen molar-refractivity contribution < 1.29 is 35.9 Å². The number of carbonyl (C=O) groups excluding carboxylic acids is 1. The summed E-state index contributed by atoms with van der Waals surface area (Å²) >= 11 is 0. The van der Waals surface area contributed by atoms with Crippen LogP contribution < -0.4 is 10.1 Å². The van der Waals surface area contributed by atoms with E-state index in [1.54, 1.807) is 6.07 Å². The average molecular weight is 443 g/mol.